The second-order valence-corrected chi connectivity index (χ2v) is 5.06. The van der Waals surface area contributed by atoms with Gasteiger partial charge in [0.2, 0.25) is 0 Å². The van der Waals surface area contributed by atoms with E-state index in [9.17, 15) is 4.79 Å². The van der Waals surface area contributed by atoms with Crippen molar-refractivity contribution in [1.82, 2.24) is 0 Å². The maximum Gasteiger partial charge on any atom is 0.303 e. The van der Waals surface area contributed by atoms with E-state index in [0.29, 0.717) is 0 Å². The lowest BCUT2D eigenvalue weighted by atomic mass is 9.67. The Bertz CT molecular complexity index is 235. The fourth-order valence-corrected chi connectivity index (χ4v) is 2.32. The van der Waals surface area contributed by atoms with Crippen molar-refractivity contribution in [2.24, 2.45) is 16.6 Å². The molecule has 0 heterocycles. The SMILES string of the molecule is CCC(N)C(C)(CC(=O)O)C1(C)CC1. The van der Waals surface area contributed by atoms with Crippen molar-refractivity contribution in [3.63, 3.8) is 0 Å². The van der Waals surface area contributed by atoms with Gasteiger partial charge >= 0.3 is 5.97 Å². The molecule has 0 aromatic carbocycles. The minimum atomic E-state index is -0.732. The van der Waals surface area contributed by atoms with Crippen LogP contribution in [0.2, 0.25) is 0 Å². The molecule has 82 valence electrons. The molecule has 1 saturated carbocycles. The number of aliphatic carboxylic acids is 1. The van der Waals surface area contributed by atoms with E-state index in [-0.39, 0.29) is 23.3 Å². The van der Waals surface area contributed by atoms with Crippen LogP contribution in [0.1, 0.15) is 46.5 Å². The fraction of sp³-hybridized carbons (Fsp3) is 0.909. The summed E-state index contributed by atoms with van der Waals surface area (Å²) in [4.78, 5) is 10.9. The number of carboxylic acid groups (broad SMARTS) is 1. The molecule has 3 heteroatoms. The molecule has 0 spiro atoms. The standard InChI is InChI=1S/C11H21NO2/c1-4-8(12)11(3,7-9(13)14)10(2)5-6-10/h8H,4-7,12H2,1-3H3,(H,13,14). The molecule has 2 unspecified atom stereocenters. The van der Waals surface area contributed by atoms with Gasteiger partial charge in [0, 0.05) is 6.04 Å². The molecule has 0 saturated heterocycles. The van der Waals surface area contributed by atoms with Crippen molar-refractivity contribution < 1.29 is 9.90 Å². The molecule has 1 fully saturated rings. The van der Waals surface area contributed by atoms with Gasteiger partial charge in [-0.05, 0) is 30.1 Å². The summed E-state index contributed by atoms with van der Waals surface area (Å²) in [5, 5.41) is 8.93. The largest absolute Gasteiger partial charge is 0.481 e. The Balaban J connectivity index is 2.84. The lowest BCUT2D eigenvalue weighted by molar-refractivity contribution is -0.141. The average molecular weight is 199 g/mol. The Labute approximate surface area is 85.7 Å². The number of rotatable bonds is 5. The molecule has 1 aliphatic rings. The molecular formula is C11H21NO2. The van der Waals surface area contributed by atoms with Crippen molar-refractivity contribution in [3.05, 3.63) is 0 Å². The van der Waals surface area contributed by atoms with E-state index in [2.05, 4.69) is 6.92 Å². The van der Waals surface area contributed by atoms with Crippen molar-refractivity contribution in [1.29, 1.82) is 0 Å². The maximum atomic E-state index is 10.9. The van der Waals surface area contributed by atoms with Crippen LogP contribution in [0.5, 0.6) is 0 Å². The quantitative estimate of drug-likeness (QED) is 0.712. The molecule has 0 aromatic rings. The van der Waals surface area contributed by atoms with Gasteiger partial charge in [-0.15, -0.1) is 0 Å². The molecular weight excluding hydrogens is 178 g/mol. The molecule has 1 rings (SSSR count). The molecule has 3 N–H and O–H groups in total. The summed E-state index contributed by atoms with van der Waals surface area (Å²) >= 11 is 0. The first kappa shape index (κ1) is 11.5. The summed E-state index contributed by atoms with van der Waals surface area (Å²) in [7, 11) is 0. The van der Waals surface area contributed by atoms with Gasteiger partial charge in [-0.2, -0.15) is 0 Å². The van der Waals surface area contributed by atoms with Gasteiger partial charge < -0.3 is 10.8 Å². The van der Waals surface area contributed by atoms with Gasteiger partial charge in [-0.25, -0.2) is 0 Å². The van der Waals surface area contributed by atoms with Crippen LogP contribution >= 0.6 is 0 Å². The number of hydrogen-bond donors (Lipinski definition) is 2. The second-order valence-electron chi connectivity index (χ2n) is 5.06. The van der Waals surface area contributed by atoms with Gasteiger partial charge in [0.15, 0.2) is 0 Å². The van der Waals surface area contributed by atoms with Crippen LogP contribution in [0.25, 0.3) is 0 Å². The highest BCUT2D eigenvalue weighted by Crippen LogP contribution is 2.61. The average Bonchev–Trinajstić information content (AvgIpc) is 2.82. The van der Waals surface area contributed by atoms with Crippen molar-refractivity contribution in [2.75, 3.05) is 0 Å². The van der Waals surface area contributed by atoms with E-state index in [1.54, 1.807) is 0 Å². The van der Waals surface area contributed by atoms with Crippen LogP contribution in [0.15, 0.2) is 0 Å². The Morgan fingerprint density at radius 1 is 1.64 bits per heavy atom. The van der Waals surface area contributed by atoms with E-state index < -0.39 is 5.97 Å². The van der Waals surface area contributed by atoms with Gasteiger partial charge in [0.25, 0.3) is 0 Å². The van der Waals surface area contributed by atoms with Crippen LogP contribution in [-0.4, -0.2) is 17.1 Å². The number of carboxylic acids is 1. The van der Waals surface area contributed by atoms with Crippen LogP contribution in [-0.2, 0) is 4.79 Å². The Morgan fingerprint density at radius 2 is 2.14 bits per heavy atom. The number of nitrogens with two attached hydrogens (primary N) is 1. The summed E-state index contributed by atoms with van der Waals surface area (Å²) < 4.78 is 0. The Hall–Kier alpha value is -0.570. The minimum absolute atomic E-state index is 0.00824. The van der Waals surface area contributed by atoms with E-state index in [0.717, 1.165) is 19.3 Å². The third kappa shape index (κ3) is 1.78. The first-order valence-electron chi connectivity index (χ1n) is 5.33. The third-order valence-electron chi connectivity index (χ3n) is 4.16. The summed E-state index contributed by atoms with van der Waals surface area (Å²) in [5.74, 6) is -0.732. The van der Waals surface area contributed by atoms with Crippen molar-refractivity contribution in [2.45, 2.75) is 52.5 Å². The van der Waals surface area contributed by atoms with Crippen LogP contribution < -0.4 is 5.73 Å². The second kappa shape index (κ2) is 3.54. The Morgan fingerprint density at radius 3 is 2.43 bits per heavy atom. The minimum Gasteiger partial charge on any atom is -0.481 e. The van der Waals surface area contributed by atoms with Gasteiger partial charge in [-0.1, -0.05) is 20.8 Å². The molecule has 3 nitrogen and oxygen atoms in total. The lowest BCUT2D eigenvalue weighted by Gasteiger charge is -2.40. The molecule has 0 radical (unpaired) electrons. The first-order chi connectivity index (χ1) is 6.35. The maximum absolute atomic E-state index is 10.9. The highest BCUT2D eigenvalue weighted by molar-refractivity contribution is 5.68. The smallest absolute Gasteiger partial charge is 0.303 e. The highest BCUT2D eigenvalue weighted by Gasteiger charge is 2.55. The zero-order valence-corrected chi connectivity index (χ0v) is 9.34. The predicted octanol–water partition coefficient (Wildman–Crippen LogP) is 2.00. The zero-order chi connectivity index (χ0) is 11.0. The van der Waals surface area contributed by atoms with Crippen molar-refractivity contribution >= 4 is 5.97 Å². The summed E-state index contributed by atoms with van der Waals surface area (Å²) in [5.41, 5.74) is 5.97. The predicted molar refractivity (Wildman–Crippen MR) is 56.0 cm³/mol. The van der Waals surface area contributed by atoms with Crippen LogP contribution in [0, 0.1) is 10.8 Å². The summed E-state index contributed by atoms with van der Waals surface area (Å²) in [6, 6.07) is -0.00824. The molecule has 0 amide bonds. The highest BCUT2D eigenvalue weighted by atomic mass is 16.4. The topological polar surface area (TPSA) is 63.3 Å². The van der Waals surface area contributed by atoms with Gasteiger partial charge in [0.05, 0.1) is 6.42 Å². The summed E-state index contributed by atoms with van der Waals surface area (Å²) in [6.45, 7) is 6.21. The zero-order valence-electron chi connectivity index (χ0n) is 9.34. The number of carbonyl (C=O) groups is 1. The normalized spacial score (nSPS) is 25.1. The van der Waals surface area contributed by atoms with E-state index >= 15 is 0 Å². The van der Waals surface area contributed by atoms with E-state index in [1.807, 2.05) is 13.8 Å². The molecule has 0 aromatic heterocycles. The Kier molecular flexibility index (Phi) is 2.91. The lowest BCUT2D eigenvalue weighted by Crippen LogP contribution is -2.46. The third-order valence-corrected chi connectivity index (χ3v) is 4.16. The summed E-state index contributed by atoms with van der Waals surface area (Å²) in [6.07, 6.45) is 3.27. The molecule has 1 aliphatic carbocycles. The van der Waals surface area contributed by atoms with Crippen LogP contribution in [0.4, 0.5) is 0 Å². The molecule has 2 atom stereocenters. The molecule has 0 bridgehead atoms. The van der Waals surface area contributed by atoms with Gasteiger partial charge in [-0.3, -0.25) is 4.79 Å². The number of hydrogen-bond acceptors (Lipinski definition) is 2. The van der Waals surface area contributed by atoms with Gasteiger partial charge in [0.1, 0.15) is 0 Å². The molecule has 0 aliphatic heterocycles. The fourth-order valence-electron chi connectivity index (χ4n) is 2.32. The molecule has 14 heavy (non-hydrogen) atoms. The van der Waals surface area contributed by atoms with E-state index in [1.165, 1.54) is 0 Å². The van der Waals surface area contributed by atoms with Crippen molar-refractivity contribution in [3.8, 4) is 0 Å². The van der Waals surface area contributed by atoms with Crippen LogP contribution in [0.3, 0.4) is 0 Å². The van der Waals surface area contributed by atoms with E-state index in [4.69, 9.17) is 10.8 Å². The first-order valence-corrected chi connectivity index (χ1v) is 5.33. The monoisotopic (exact) mass is 199 g/mol.